The summed E-state index contributed by atoms with van der Waals surface area (Å²) in [5.41, 5.74) is 0.621. The molecule has 8 heteroatoms. The number of hydrogen-bond acceptors (Lipinski definition) is 4. The number of nitrogens with one attached hydrogen (secondary N) is 1. The van der Waals surface area contributed by atoms with Gasteiger partial charge in [-0.2, -0.15) is 0 Å². The summed E-state index contributed by atoms with van der Waals surface area (Å²) in [7, 11) is 0. The zero-order chi connectivity index (χ0) is 17.3. The molecule has 7 nitrogen and oxygen atoms in total. The van der Waals surface area contributed by atoms with E-state index in [4.69, 9.17) is 0 Å². The van der Waals surface area contributed by atoms with Crippen LogP contribution in [0.1, 0.15) is 19.4 Å². The van der Waals surface area contributed by atoms with Crippen LogP contribution >= 0.6 is 0 Å². The van der Waals surface area contributed by atoms with Crippen molar-refractivity contribution in [2.75, 3.05) is 11.9 Å². The van der Waals surface area contributed by atoms with Crippen LogP contribution in [0, 0.1) is 12.7 Å². The topological polar surface area (TPSA) is 86.8 Å². The zero-order valence-corrected chi connectivity index (χ0v) is 12.9. The summed E-state index contributed by atoms with van der Waals surface area (Å²) < 4.78 is 13.7. The third-order valence-electron chi connectivity index (χ3n) is 3.30. The second-order valence-electron chi connectivity index (χ2n) is 5.47. The molecule has 1 aromatic rings. The number of carbonyl (C=O) groups is 4. The normalized spacial score (nSPS) is 14.9. The third kappa shape index (κ3) is 3.20. The number of aryl methyl sites for hydroxylation is 1. The van der Waals surface area contributed by atoms with Crippen molar-refractivity contribution in [3.8, 4) is 0 Å². The first kappa shape index (κ1) is 16.6. The van der Waals surface area contributed by atoms with E-state index < -0.39 is 42.2 Å². The first-order valence-corrected chi connectivity index (χ1v) is 6.97. The Morgan fingerprint density at radius 3 is 2.39 bits per heavy atom. The molecule has 0 bridgehead atoms. The van der Waals surface area contributed by atoms with E-state index >= 15 is 0 Å². The van der Waals surface area contributed by atoms with Gasteiger partial charge in [-0.1, -0.05) is 6.07 Å². The van der Waals surface area contributed by atoms with Crippen LogP contribution in [-0.4, -0.2) is 46.1 Å². The predicted molar refractivity (Wildman–Crippen MR) is 78.9 cm³/mol. The van der Waals surface area contributed by atoms with Crippen molar-refractivity contribution in [1.82, 2.24) is 9.80 Å². The van der Waals surface area contributed by atoms with Crippen LogP contribution in [0.5, 0.6) is 0 Å². The fraction of sp³-hybridized carbons (Fsp3) is 0.333. The number of halogens is 1. The molecule has 122 valence electrons. The summed E-state index contributed by atoms with van der Waals surface area (Å²) in [6.07, 6.45) is 0. The van der Waals surface area contributed by atoms with Gasteiger partial charge in [0.05, 0.1) is 5.69 Å². The maximum atomic E-state index is 13.7. The smallest absolute Gasteiger partial charge is 0.322 e. The minimum absolute atomic E-state index is 0.0632. The molecule has 0 aliphatic carbocycles. The molecule has 1 saturated heterocycles. The zero-order valence-electron chi connectivity index (χ0n) is 12.9. The van der Waals surface area contributed by atoms with Gasteiger partial charge in [0.1, 0.15) is 12.4 Å². The highest BCUT2D eigenvalue weighted by atomic mass is 19.1. The van der Waals surface area contributed by atoms with E-state index in [9.17, 15) is 23.6 Å². The SMILES string of the molecule is Cc1ccc(NC(=O)CN2C(=O)C(=O)N(C(C)C)C2=O)c(F)c1. The summed E-state index contributed by atoms with van der Waals surface area (Å²) in [5, 5.41) is 2.27. The fourth-order valence-corrected chi connectivity index (χ4v) is 2.17. The molecule has 2 rings (SSSR count). The summed E-state index contributed by atoms with van der Waals surface area (Å²) in [4.78, 5) is 48.8. The molecule has 0 radical (unpaired) electrons. The number of nitrogens with zero attached hydrogens (tertiary/aromatic N) is 2. The van der Waals surface area contributed by atoms with E-state index in [2.05, 4.69) is 5.32 Å². The highest BCUT2D eigenvalue weighted by Gasteiger charge is 2.46. The molecular weight excluding hydrogens is 305 g/mol. The fourth-order valence-electron chi connectivity index (χ4n) is 2.17. The molecule has 1 aliphatic rings. The highest BCUT2D eigenvalue weighted by molar-refractivity contribution is 6.45. The highest BCUT2D eigenvalue weighted by Crippen LogP contribution is 2.17. The van der Waals surface area contributed by atoms with Crippen LogP contribution < -0.4 is 5.32 Å². The average Bonchev–Trinajstić information content (AvgIpc) is 2.66. The minimum Gasteiger partial charge on any atom is -0.322 e. The largest absolute Gasteiger partial charge is 0.334 e. The van der Waals surface area contributed by atoms with Gasteiger partial charge < -0.3 is 5.32 Å². The maximum absolute atomic E-state index is 13.7. The standard InChI is InChI=1S/C15H16FN3O4/c1-8(2)19-14(22)13(21)18(15(19)23)7-12(20)17-11-5-4-9(3)6-10(11)16/h4-6,8H,7H2,1-3H3,(H,17,20). The summed E-state index contributed by atoms with van der Waals surface area (Å²) in [6, 6.07) is 2.87. The van der Waals surface area contributed by atoms with Crippen LogP contribution in [0.15, 0.2) is 18.2 Å². The lowest BCUT2D eigenvalue weighted by Gasteiger charge is -2.18. The molecule has 0 atom stereocenters. The monoisotopic (exact) mass is 321 g/mol. The number of rotatable bonds is 4. The Hall–Kier alpha value is -2.77. The van der Waals surface area contributed by atoms with E-state index in [0.29, 0.717) is 10.5 Å². The quantitative estimate of drug-likeness (QED) is 0.668. The number of hydrogen-bond donors (Lipinski definition) is 1. The van der Waals surface area contributed by atoms with Gasteiger partial charge in [-0.05, 0) is 38.5 Å². The van der Waals surface area contributed by atoms with Gasteiger partial charge >= 0.3 is 17.8 Å². The number of anilines is 1. The number of urea groups is 1. The maximum Gasteiger partial charge on any atom is 0.334 e. The van der Waals surface area contributed by atoms with Crippen LogP contribution in [-0.2, 0) is 14.4 Å². The molecule has 1 N–H and O–H groups in total. The molecule has 0 unspecified atom stereocenters. The molecule has 1 heterocycles. The molecule has 1 fully saturated rings. The number of benzene rings is 1. The Bertz CT molecular complexity index is 702. The van der Waals surface area contributed by atoms with Gasteiger partial charge in [0.2, 0.25) is 5.91 Å². The van der Waals surface area contributed by atoms with E-state index in [1.54, 1.807) is 26.8 Å². The Labute approximate surface area is 132 Å². The predicted octanol–water partition coefficient (Wildman–Crippen LogP) is 1.27. The van der Waals surface area contributed by atoms with Gasteiger partial charge in [-0.15, -0.1) is 0 Å². The summed E-state index contributed by atoms with van der Waals surface area (Å²) >= 11 is 0. The lowest BCUT2D eigenvalue weighted by molar-refractivity contribution is -0.144. The first-order chi connectivity index (χ1) is 10.7. The third-order valence-corrected chi connectivity index (χ3v) is 3.30. The van der Waals surface area contributed by atoms with Gasteiger partial charge in [0.25, 0.3) is 0 Å². The molecule has 0 spiro atoms. The van der Waals surface area contributed by atoms with Crippen LogP contribution in [0.4, 0.5) is 14.9 Å². The van der Waals surface area contributed by atoms with E-state index in [-0.39, 0.29) is 5.69 Å². The second kappa shape index (κ2) is 6.15. The van der Waals surface area contributed by atoms with Crippen molar-refractivity contribution in [2.45, 2.75) is 26.8 Å². The molecular formula is C15H16FN3O4. The Morgan fingerprint density at radius 1 is 1.22 bits per heavy atom. The molecule has 0 saturated carbocycles. The minimum atomic E-state index is -1.07. The van der Waals surface area contributed by atoms with E-state index in [0.717, 1.165) is 4.90 Å². The lowest BCUT2D eigenvalue weighted by atomic mass is 10.2. The van der Waals surface area contributed by atoms with Crippen molar-refractivity contribution in [3.63, 3.8) is 0 Å². The van der Waals surface area contributed by atoms with Gasteiger partial charge in [-0.3, -0.25) is 19.3 Å². The van der Waals surface area contributed by atoms with Crippen molar-refractivity contribution in [1.29, 1.82) is 0 Å². The molecule has 1 aromatic carbocycles. The lowest BCUT2D eigenvalue weighted by Crippen LogP contribution is -2.40. The van der Waals surface area contributed by atoms with Crippen molar-refractivity contribution in [2.24, 2.45) is 0 Å². The van der Waals surface area contributed by atoms with Crippen molar-refractivity contribution < 1.29 is 23.6 Å². The van der Waals surface area contributed by atoms with Crippen molar-refractivity contribution in [3.05, 3.63) is 29.6 Å². The summed E-state index contributed by atoms with van der Waals surface area (Å²) in [5.74, 6) is -3.44. The number of imide groups is 2. The average molecular weight is 321 g/mol. The van der Waals surface area contributed by atoms with E-state index in [1.165, 1.54) is 12.1 Å². The molecule has 23 heavy (non-hydrogen) atoms. The number of amides is 5. The molecule has 1 aliphatic heterocycles. The second-order valence-corrected chi connectivity index (χ2v) is 5.47. The Kier molecular flexibility index (Phi) is 4.44. The van der Waals surface area contributed by atoms with Crippen molar-refractivity contribution >= 4 is 29.4 Å². The van der Waals surface area contributed by atoms with Gasteiger partial charge in [0.15, 0.2) is 0 Å². The molecule has 5 amide bonds. The Balaban J connectivity index is 2.10. The van der Waals surface area contributed by atoms with Gasteiger partial charge in [0, 0.05) is 6.04 Å². The molecule has 0 aromatic heterocycles. The first-order valence-electron chi connectivity index (χ1n) is 6.97. The summed E-state index contributed by atoms with van der Waals surface area (Å²) in [6.45, 7) is 4.20. The van der Waals surface area contributed by atoms with E-state index in [1.807, 2.05) is 0 Å². The Morgan fingerprint density at radius 2 is 1.87 bits per heavy atom. The van der Waals surface area contributed by atoms with Gasteiger partial charge in [-0.25, -0.2) is 14.1 Å². The number of carbonyl (C=O) groups excluding carboxylic acids is 4. The van der Waals surface area contributed by atoms with Crippen LogP contribution in [0.3, 0.4) is 0 Å². The van der Waals surface area contributed by atoms with Crippen LogP contribution in [0.2, 0.25) is 0 Å². The van der Waals surface area contributed by atoms with Crippen LogP contribution in [0.25, 0.3) is 0 Å².